The molecule has 3 N–H and O–H groups in total. The molecule has 2 rings (SSSR count). The van der Waals surface area contributed by atoms with Crippen LogP contribution in [0.4, 0.5) is 18.9 Å². The van der Waals surface area contributed by atoms with E-state index in [2.05, 4.69) is 0 Å². The lowest BCUT2D eigenvalue weighted by Crippen LogP contribution is -2.36. The third-order valence-electron chi connectivity index (χ3n) is 3.98. The van der Waals surface area contributed by atoms with Crippen molar-refractivity contribution < 1.29 is 18.3 Å². The molecule has 1 aromatic rings. The monoisotopic (exact) mass is 288 g/mol. The van der Waals surface area contributed by atoms with Gasteiger partial charge in [0.15, 0.2) is 0 Å². The summed E-state index contributed by atoms with van der Waals surface area (Å²) in [4.78, 5) is 1.66. The molecule has 1 aliphatic heterocycles. The third kappa shape index (κ3) is 2.76. The number of anilines is 1. The molecule has 0 aromatic heterocycles. The van der Waals surface area contributed by atoms with E-state index in [1.807, 2.05) is 6.92 Å². The average Bonchev–Trinajstić information content (AvgIpc) is 2.78. The first-order chi connectivity index (χ1) is 9.38. The van der Waals surface area contributed by atoms with Crippen molar-refractivity contribution in [2.45, 2.75) is 32.1 Å². The summed E-state index contributed by atoms with van der Waals surface area (Å²) in [6.45, 7) is 2.40. The Kier molecular flexibility index (Phi) is 4.25. The van der Waals surface area contributed by atoms with Crippen molar-refractivity contribution in [3.05, 3.63) is 29.3 Å². The van der Waals surface area contributed by atoms with Crippen molar-refractivity contribution in [2.24, 2.45) is 11.7 Å². The van der Waals surface area contributed by atoms with Crippen molar-refractivity contribution in [1.29, 1.82) is 0 Å². The van der Waals surface area contributed by atoms with Crippen LogP contribution in [0.2, 0.25) is 0 Å². The molecule has 1 saturated heterocycles. The van der Waals surface area contributed by atoms with Crippen molar-refractivity contribution in [3.63, 3.8) is 0 Å². The molecule has 1 heterocycles. The summed E-state index contributed by atoms with van der Waals surface area (Å²) < 4.78 is 39.6. The molecule has 1 aromatic carbocycles. The van der Waals surface area contributed by atoms with Gasteiger partial charge in [0, 0.05) is 18.8 Å². The SMILES string of the molecule is CC1CCN(c2ccc(CN)cc2C(F)(F)F)C1CO. The Morgan fingerprint density at radius 2 is 2.10 bits per heavy atom. The molecule has 0 aliphatic carbocycles. The van der Waals surface area contributed by atoms with E-state index in [9.17, 15) is 18.3 Å². The van der Waals surface area contributed by atoms with E-state index in [0.717, 1.165) is 12.5 Å². The second-order valence-corrected chi connectivity index (χ2v) is 5.26. The van der Waals surface area contributed by atoms with E-state index in [-0.39, 0.29) is 30.8 Å². The lowest BCUT2D eigenvalue weighted by atomic mass is 10.0. The normalized spacial score (nSPS) is 23.4. The van der Waals surface area contributed by atoms with E-state index in [0.29, 0.717) is 12.1 Å². The number of nitrogens with zero attached hydrogens (tertiary/aromatic N) is 1. The fourth-order valence-electron chi connectivity index (χ4n) is 2.77. The maximum atomic E-state index is 13.2. The molecule has 2 unspecified atom stereocenters. The Bertz CT molecular complexity index is 476. The number of aliphatic hydroxyl groups is 1. The van der Waals surface area contributed by atoms with Crippen LogP contribution in [0.3, 0.4) is 0 Å². The fraction of sp³-hybridized carbons (Fsp3) is 0.571. The maximum absolute atomic E-state index is 13.2. The van der Waals surface area contributed by atoms with Gasteiger partial charge < -0.3 is 15.7 Å². The molecule has 3 nitrogen and oxygen atoms in total. The molecule has 0 radical (unpaired) electrons. The van der Waals surface area contributed by atoms with Gasteiger partial charge in [-0.05, 0) is 30.0 Å². The third-order valence-corrected chi connectivity index (χ3v) is 3.98. The van der Waals surface area contributed by atoms with Crippen LogP contribution >= 0.6 is 0 Å². The van der Waals surface area contributed by atoms with Crippen LogP contribution in [0.1, 0.15) is 24.5 Å². The van der Waals surface area contributed by atoms with Gasteiger partial charge in [-0.15, -0.1) is 0 Å². The topological polar surface area (TPSA) is 49.5 Å². The first-order valence-corrected chi connectivity index (χ1v) is 6.66. The minimum Gasteiger partial charge on any atom is -0.394 e. The quantitative estimate of drug-likeness (QED) is 0.898. The molecule has 0 amide bonds. The highest BCUT2D eigenvalue weighted by Crippen LogP contribution is 2.40. The number of hydrogen-bond acceptors (Lipinski definition) is 3. The number of alkyl halides is 3. The minimum absolute atomic E-state index is 0.0726. The number of aliphatic hydroxyl groups excluding tert-OH is 1. The van der Waals surface area contributed by atoms with Crippen molar-refractivity contribution in [3.8, 4) is 0 Å². The molecule has 6 heteroatoms. The zero-order valence-electron chi connectivity index (χ0n) is 11.3. The van der Waals surface area contributed by atoms with Gasteiger partial charge in [-0.2, -0.15) is 13.2 Å². The average molecular weight is 288 g/mol. The summed E-state index contributed by atoms with van der Waals surface area (Å²) in [7, 11) is 0. The molecule has 20 heavy (non-hydrogen) atoms. The van der Waals surface area contributed by atoms with Gasteiger partial charge in [0.1, 0.15) is 0 Å². The lowest BCUT2D eigenvalue weighted by molar-refractivity contribution is -0.137. The van der Waals surface area contributed by atoms with Crippen LogP contribution < -0.4 is 10.6 Å². The molecular formula is C14H19F3N2O. The Morgan fingerprint density at radius 1 is 1.40 bits per heavy atom. The Balaban J connectivity index is 2.46. The van der Waals surface area contributed by atoms with Crippen LogP contribution in [0.5, 0.6) is 0 Å². The standard InChI is InChI=1S/C14H19F3N2O/c1-9-4-5-19(13(9)8-20)12-3-2-10(7-18)6-11(12)14(15,16)17/h2-3,6,9,13,20H,4-5,7-8,18H2,1H3. The number of halogens is 3. The van der Waals surface area contributed by atoms with Crippen molar-refractivity contribution in [2.75, 3.05) is 18.1 Å². The lowest BCUT2D eigenvalue weighted by Gasteiger charge is -2.30. The Hall–Kier alpha value is -1.27. The Morgan fingerprint density at radius 3 is 2.65 bits per heavy atom. The first kappa shape index (κ1) is 15.1. The molecule has 112 valence electrons. The summed E-state index contributed by atoms with van der Waals surface area (Å²) in [6, 6.07) is 3.92. The van der Waals surface area contributed by atoms with Gasteiger partial charge in [0.25, 0.3) is 0 Å². The van der Waals surface area contributed by atoms with Crippen LogP contribution in [0.15, 0.2) is 18.2 Å². The molecule has 0 bridgehead atoms. The highest BCUT2D eigenvalue weighted by atomic mass is 19.4. The van der Waals surface area contributed by atoms with E-state index in [4.69, 9.17) is 5.73 Å². The minimum atomic E-state index is -4.42. The van der Waals surface area contributed by atoms with Gasteiger partial charge in [-0.3, -0.25) is 0 Å². The van der Waals surface area contributed by atoms with Crippen LogP contribution in [0, 0.1) is 5.92 Å². The predicted octanol–water partition coefficient (Wildman–Crippen LogP) is 2.37. The molecule has 1 aliphatic rings. The fourth-order valence-corrected chi connectivity index (χ4v) is 2.77. The summed E-state index contributed by atoms with van der Waals surface area (Å²) in [5.41, 5.74) is 5.34. The number of rotatable bonds is 3. The second-order valence-electron chi connectivity index (χ2n) is 5.26. The zero-order chi connectivity index (χ0) is 14.9. The van der Waals surface area contributed by atoms with Gasteiger partial charge >= 0.3 is 6.18 Å². The van der Waals surface area contributed by atoms with Crippen molar-refractivity contribution in [1.82, 2.24) is 0 Å². The first-order valence-electron chi connectivity index (χ1n) is 6.66. The largest absolute Gasteiger partial charge is 0.418 e. The van der Waals surface area contributed by atoms with Gasteiger partial charge in [0.05, 0.1) is 18.2 Å². The summed E-state index contributed by atoms with van der Waals surface area (Å²) in [5, 5.41) is 9.42. The zero-order valence-corrected chi connectivity index (χ0v) is 11.3. The van der Waals surface area contributed by atoms with Gasteiger partial charge in [0.2, 0.25) is 0 Å². The molecule has 2 atom stereocenters. The van der Waals surface area contributed by atoms with E-state index >= 15 is 0 Å². The molecule has 1 fully saturated rings. The highest BCUT2D eigenvalue weighted by Gasteiger charge is 2.39. The molecular weight excluding hydrogens is 269 g/mol. The van der Waals surface area contributed by atoms with Gasteiger partial charge in [-0.1, -0.05) is 13.0 Å². The molecule has 0 saturated carbocycles. The van der Waals surface area contributed by atoms with E-state index in [1.54, 1.807) is 11.0 Å². The van der Waals surface area contributed by atoms with Crippen LogP contribution in [-0.2, 0) is 12.7 Å². The van der Waals surface area contributed by atoms with E-state index in [1.165, 1.54) is 6.07 Å². The predicted molar refractivity (Wildman–Crippen MR) is 71.3 cm³/mol. The van der Waals surface area contributed by atoms with Crippen LogP contribution in [-0.4, -0.2) is 24.3 Å². The van der Waals surface area contributed by atoms with E-state index < -0.39 is 11.7 Å². The number of nitrogens with two attached hydrogens (primary N) is 1. The molecule has 0 spiro atoms. The van der Waals surface area contributed by atoms with Crippen LogP contribution in [0.25, 0.3) is 0 Å². The van der Waals surface area contributed by atoms with Gasteiger partial charge in [-0.25, -0.2) is 0 Å². The summed E-state index contributed by atoms with van der Waals surface area (Å²) in [6.07, 6.45) is -3.65. The maximum Gasteiger partial charge on any atom is 0.418 e. The summed E-state index contributed by atoms with van der Waals surface area (Å²) >= 11 is 0. The Labute approximate surface area is 116 Å². The summed E-state index contributed by atoms with van der Waals surface area (Å²) in [5.74, 6) is 0.176. The second kappa shape index (κ2) is 5.61. The number of hydrogen-bond donors (Lipinski definition) is 2. The highest BCUT2D eigenvalue weighted by molar-refractivity contribution is 5.58. The number of benzene rings is 1. The smallest absolute Gasteiger partial charge is 0.394 e. The van der Waals surface area contributed by atoms with Crippen molar-refractivity contribution >= 4 is 5.69 Å².